The molecule has 0 aliphatic carbocycles. The highest BCUT2D eigenvalue weighted by Gasteiger charge is 2.30. The standard InChI is InChI=1S/C18H20N4O/c1-12-10-21(2)17(19-12)14-7-8-22(11-14)18(23)16-9-13-5-3-4-6-15(13)20-16/h3-6,9-10,14,20H,7-8,11H2,1-2H3. The molecule has 1 saturated heterocycles. The van der Waals surface area contributed by atoms with Crippen LogP contribution in [0.2, 0.25) is 0 Å². The number of benzene rings is 1. The number of rotatable bonds is 2. The van der Waals surface area contributed by atoms with E-state index in [0.717, 1.165) is 41.9 Å². The molecule has 4 rings (SSSR count). The maximum atomic E-state index is 12.8. The number of likely N-dealkylation sites (tertiary alicyclic amines) is 1. The Morgan fingerprint density at radius 3 is 2.91 bits per heavy atom. The summed E-state index contributed by atoms with van der Waals surface area (Å²) in [6.07, 6.45) is 3.01. The molecule has 1 atom stereocenters. The summed E-state index contributed by atoms with van der Waals surface area (Å²) in [6.45, 7) is 3.52. The minimum atomic E-state index is 0.0784. The average Bonchev–Trinajstić information content (AvgIpc) is 3.24. The zero-order chi connectivity index (χ0) is 16.0. The lowest BCUT2D eigenvalue weighted by molar-refractivity contribution is 0.0785. The topological polar surface area (TPSA) is 53.9 Å². The highest BCUT2D eigenvalue weighted by Crippen LogP contribution is 2.28. The Balaban J connectivity index is 1.55. The van der Waals surface area contributed by atoms with Crippen molar-refractivity contribution < 1.29 is 4.79 Å². The van der Waals surface area contributed by atoms with Crippen LogP contribution in [-0.2, 0) is 7.05 Å². The monoisotopic (exact) mass is 308 g/mol. The van der Waals surface area contributed by atoms with E-state index in [2.05, 4.69) is 14.5 Å². The highest BCUT2D eigenvalue weighted by molar-refractivity contribution is 5.98. The fraction of sp³-hybridized carbons (Fsp3) is 0.333. The Kier molecular flexibility index (Phi) is 3.22. The number of carbonyl (C=O) groups excluding carboxylic acids is 1. The van der Waals surface area contributed by atoms with Crippen LogP contribution in [0, 0.1) is 6.92 Å². The molecule has 0 bridgehead atoms. The fourth-order valence-corrected chi connectivity index (χ4v) is 3.53. The normalized spacial score (nSPS) is 18.0. The first kappa shape index (κ1) is 14.1. The van der Waals surface area contributed by atoms with Gasteiger partial charge in [0.25, 0.3) is 5.91 Å². The maximum Gasteiger partial charge on any atom is 0.270 e. The van der Waals surface area contributed by atoms with Gasteiger partial charge < -0.3 is 14.5 Å². The second kappa shape index (κ2) is 5.26. The second-order valence-corrected chi connectivity index (χ2v) is 6.36. The van der Waals surface area contributed by atoms with E-state index in [9.17, 15) is 4.79 Å². The molecule has 0 spiro atoms. The van der Waals surface area contributed by atoms with Gasteiger partial charge in [-0.1, -0.05) is 18.2 Å². The lowest BCUT2D eigenvalue weighted by Gasteiger charge is -2.15. The third-order valence-electron chi connectivity index (χ3n) is 4.63. The van der Waals surface area contributed by atoms with E-state index in [-0.39, 0.29) is 5.91 Å². The number of nitrogens with one attached hydrogen (secondary N) is 1. The van der Waals surface area contributed by atoms with Gasteiger partial charge in [-0.25, -0.2) is 4.98 Å². The summed E-state index contributed by atoms with van der Waals surface area (Å²) < 4.78 is 2.08. The van der Waals surface area contributed by atoms with E-state index in [4.69, 9.17) is 0 Å². The minimum Gasteiger partial charge on any atom is -0.351 e. The van der Waals surface area contributed by atoms with Crippen molar-refractivity contribution in [2.75, 3.05) is 13.1 Å². The smallest absolute Gasteiger partial charge is 0.270 e. The Morgan fingerprint density at radius 1 is 1.35 bits per heavy atom. The minimum absolute atomic E-state index is 0.0784. The molecule has 1 aliphatic heterocycles. The number of aromatic nitrogens is 3. The lowest BCUT2D eigenvalue weighted by Crippen LogP contribution is -2.29. The van der Waals surface area contributed by atoms with Gasteiger partial charge in [0, 0.05) is 43.2 Å². The summed E-state index contributed by atoms with van der Waals surface area (Å²) in [5, 5.41) is 1.08. The maximum absolute atomic E-state index is 12.8. The van der Waals surface area contributed by atoms with Gasteiger partial charge in [-0.05, 0) is 25.5 Å². The molecule has 118 valence electrons. The van der Waals surface area contributed by atoms with E-state index in [1.165, 1.54) is 0 Å². The summed E-state index contributed by atoms with van der Waals surface area (Å²) in [5.74, 6) is 1.48. The number of aromatic amines is 1. The van der Waals surface area contributed by atoms with Gasteiger partial charge in [0.15, 0.2) is 0 Å². The zero-order valence-corrected chi connectivity index (χ0v) is 13.4. The third-order valence-corrected chi connectivity index (χ3v) is 4.63. The second-order valence-electron chi connectivity index (χ2n) is 6.36. The summed E-state index contributed by atoms with van der Waals surface area (Å²) >= 11 is 0. The molecule has 1 amide bonds. The van der Waals surface area contributed by atoms with Gasteiger partial charge in [0.2, 0.25) is 0 Å². The molecule has 0 radical (unpaired) electrons. The number of fused-ring (bicyclic) bond motifs is 1. The van der Waals surface area contributed by atoms with E-state index >= 15 is 0 Å². The summed E-state index contributed by atoms with van der Waals surface area (Å²) in [7, 11) is 2.03. The Hall–Kier alpha value is -2.56. The van der Waals surface area contributed by atoms with Crippen LogP contribution in [0.15, 0.2) is 36.5 Å². The highest BCUT2D eigenvalue weighted by atomic mass is 16.2. The molecule has 1 N–H and O–H groups in total. The van der Waals surface area contributed by atoms with Crippen molar-refractivity contribution in [1.29, 1.82) is 0 Å². The largest absolute Gasteiger partial charge is 0.351 e. The number of aryl methyl sites for hydroxylation is 2. The first-order chi connectivity index (χ1) is 11.1. The molecule has 5 heteroatoms. The predicted molar refractivity (Wildman–Crippen MR) is 89.5 cm³/mol. The molecule has 0 saturated carbocycles. The Bertz CT molecular complexity index is 843. The molecule has 23 heavy (non-hydrogen) atoms. The lowest BCUT2D eigenvalue weighted by atomic mass is 10.1. The fourth-order valence-electron chi connectivity index (χ4n) is 3.53. The van der Waals surface area contributed by atoms with Crippen molar-refractivity contribution in [3.8, 4) is 0 Å². The number of hydrogen-bond acceptors (Lipinski definition) is 2. The molecule has 2 aromatic heterocycles. The number of amides is 1. The van der Waals surface area contributed by atoms with Gasteiger partial charge in [-0.15, -0.1) is 0 Å². The molecule has 5 nitrogen and oxygen atoms in total. The van der Waals surface area contributed by atoms with Gasteiger partial charge in [-0.2, -0.15) is 0 Å². The third kappa shape index (κ3) is 2.42. The molecule has 3 aromatic rings. The first-order valence-electron chi connectivity index (χ1n) is 7.98. The average molecular weight is 308 g/mol. The number of H-pyrrole nitrogens is 1. The number of imidazole rings is 1. The SMILES string of the molecule is Cc1cn(C)c(C2CCN(C(=O)c3cc4ccccc4[nH]3)C2)n1. The molecular formula is C18H20N4O. The Labute approximate surface area is 134 Å². The van der Waals surface area contributed by atoms with Crippen molar-refractivity contribution in [3.63, 3.8) is 0 Å². The molecule has 1 aromatic carbocycles. The van der Waals surface area contributed by atoms with Crippen LogP contribution in [0.5, 0.6) is 0 Å². The predicted octanol–water partition coefficient (Wildman–Crippen LogP) is 2.84. The van der Waals surface area contributed by atoms with Crippen LogP contribution in [0.1, 0.15) is 34.3 Å². The van der Waals surface area contributed by atoms with Gasteiger partial charge in [0.05, 0.1) is 5.69 Å². The van der Waals surface area contributed by atoms with Crippen LogP contribution in [0.4, 0.5) is 0 Å². The van der Waals surface area contributed by atoms with E-state index < -0.39 is 0 Å². The van der Waals surface area contributed by atoms with Crippen molar-refractivity contribution >= 4 is 16.8 Å². The van der Waals surface area contributed by atoms with Crippen LogP contribution in [0.3, 0.4) is 0 Å². The van der Waals surface area contributed by atoms with E-state index in [1.807, 2.05) is 55.4 Å². The number of carbonyl (C=O) groups is 1. The van der Waals surface area contributed by atoms with E-state index in [1.54, 1.807) is 0 Å². The number of nitrogens with zero attached hydrogens (tertiary/aromatic N) is 3. The van der Waals surface area contributed by atoms with Crippen molar-refractivity contribution in [2.24, 2.45) is 7.05 Å². The van der Waals surface area contributed by atoms with Crippen molar-refractivity contribution in [3.05, 3.63) is 53.7 Å². The summed E-state index contributed by atoms with van der Waals surface area (Å²) in [4.78, 5) is 22.5. The van der Waals surface area contributed by atoms with Crippen LogP contribution in [-0.4, -0.2) is 38.4 Å². The zero-order valence-electron chi connectivity index (χ0n) is 13.4. The molecule has 1 aliphatic rings. The summed E-state index contributed by atoms with van der Waals surface area (Å²) in [6, 6.07) is 9.92. The van der Waals surface area contributed by atoms with Gasteiger partial charge in [-0.3, -0.25) is 4.79 Å². The van der Waals surface area contributed by atoms with Crippen LogP contribution < -0.4 is 0 Å². The number of para-hydroxylation sites is 1. The van der Waals surface area contributed by atoms with Crippen LogP contribution >= 0.6 is 0 Å². The number of hydrogen-bond donors (Lipinski definition) is 1. The van der Waals surface area contributed by atoms with Crippen LogP contribution in [0.25, 0.3) is 10.9 Å². The molecule has 1 fully saturated rings. The molecule has 1 unspecified atom stereocenters. The first-order valence-corrected chi connectivity index (χ1v) is 7.98. The van der Waals surface area contributed by atoms with Gasteiger partial charge in [0.1, 0.15) is 11.5 Å². The van der Waals surface area contributed by atoms with Crippen molar-refractivity contribution in [2.45, 2.75) is 19.3 Å². The summed E-state index contributed by atoms with van der Waals surface area (Å²) in [5.41, 5.74) is 2.71. The quantitative estimate of drug-likeness (QED) is 0.791. The van der Waals surface area contributed by atoms with E-state index in [0.29, 0.717) is 11.6 Å². The Morgan fingerprint density at radius 2 is 2.17 bits per heavy atom. The van der Waals surface area contributed by atoms with Gasteiger partial charge >= 0.3 is 0 Å². The molecule has 3 heterocycles. The van der Waals surface area contributed by atoms with Crippen molar-refractivity contribution in [1.82, 2.24) is 19.4 Å². The molecular weight excluding hydrogens is 288 g/mol.